The van der Waals surface area contributed by atoms with Crippen molar-refractivity contribution in [2.24, 2.45) is 0 Å². The fraction of sp³-hybridized carbons (Fsp3) is 0.733. The molecule has 11 heteroatoms. The van der Waals surface area contributed by atoms with Gasteiger partial charge in [-0.2, -0.15) is 0 Å². The van der Waals surface area contributed by atoms with Crippen LogP contribution in [0.25, 0.3) is 0 Å². The summed E-state index contributed by atoms with van der Waals surface area (Å²) in [5.74, 6) is -1.22. The van der Waals surface area contributed by atoms with Gasteiger partial charge in [-0.3, -0.25) is 4.39 Å². The van der Waals surface area contributed by atoms with Crippen LogP contribution in [0.4, 0.5) is 13.2 Å². The van der Waals surface area contributed by atoms with Gasteiger partial charge in [-0.05, 0) is 44.2 Å². The second kappa shape index (κ2) is 39.3. The summed E-state index contributed by atoms with van der Waals surface area (Å²) in [6.07, 6.45) is 11.8. The zero-order valence-electron chi connectivity index (χ0n) is 25.7. The molecule has 0 amide bonds. The van der Waals surface area contributed by atoms with Crippen molar-refractivity contribution in [3.63, 3.8) is 0 Å². The Hall–Kier alpha value is -0.720. The SMILES string of the molecule is CF.COc1ccc(F)cc1F.[CH2-]COCCCCCOCCOCCOCCCCCCCCOCCC=O.[Na+]. The minimum absolute atomic E-state index is 0. The molecule has 0 aliphatic heterocycles. The van der Waals surface area contributed by atoms with Gasteiger partial charge in [0.05, 0.1) is 47.3 Å². The number of hydrogen-bond donors (Lipinski definition) is 0. The summed E-state index contributed by atoms with van der Waals surface area (Å²) in [5.41, 5.74) is 0. The van der Waals surface area contributed by atoms with Gasteiger partial charge in [0.15, 0.2) is 11.6 Å². The number of halogens is 3. The summed E-state index contributed by atoms with van der Waals surface area (Å²) in [5, 5.41) is 0. The average Bonchev–Trinajstić information content (AvgIpc) is 2.97. The summed E-state index contributed by atoms with van der Waals surface area (Å²) >= 11 is 0. The van der Waals surface area contributed by atoms with Crippen molar-refractivity contribution in [2.75, 3.05) is 80.4 Å². The molecule has 0 fully saturated rings. The van der Waals surface area contributed by atoms with Crippen LogP contribution in [-0.2, 0) is 28.5 Å². The maximum atomic E-state index is 12.5. The Morgan fingerprint density at radius 2 is 1.07 bits per heavy atom. The van der Waals surface area contributed by atoms with E-state index in [0.717, 1.165) is 77.0 Å². The van der Waals surface area contributed by atoms with E-state index in [1.807, 2.05) is 0 Å². The van der Waals surface area contributed by atoms with E-state index in [4.69, 9.17) is 23.7 Å². The molecule has 0 heterocycles. The Morgan fingerprint density at radius 1 is 0.659 bits per heavy atom. The molecule has 0 saturated carbocycles. The molecule has 0 spiro atoms. The number of carbonyl (C=O) groups is 1. The molecule has 1 aromatic rings. The molecule has 0 saturated heterocycles. The molecule has 41 heavy (non-hydrogen) atoms. The van der Waals surface area contributed by atoms with Crippen molar-refractivity contribution in [3.8, 4) is 5.75 Å². The Morgan fingerprint density at radius 3 is 1.51 bits per heavy atom. The number of benzene rings is 1. The molecule has 0 bridgehead atoms. The molecule has 0 aliphatic carbocycles. The first-order chi connectivity index (χ1) is 19.7. The Labute approximate surface area is 268 Å². The van der Waals surface area contributed by atoms with Crippen LogP contribution in [0.15, 0.2) is 18.2 Å². The number of unbranched alkanes of at least 4 members (excludes halogenated alkanes) is 7. The van der Waals surface area contributed by atoms with E-state index in [-0.39, 0.29) is 35.3 Å². The molecular formula is C30H52F3NaO7. The van der Waals surface area contributed by atoms with E-state index >= 15 is 0 Å². The van der Waals surface area contributed by atoms with Gasteiger partial charge in [-0.1, -0.05) is 32.3 Å². The topological polar surface area (TPSA) is 72.5 Å². The van der Waals surface area contributed by atoms with Gasteiger partial charge in [-0.15, -0.1) is 0 Å². The molecule has 0 N–H and O–H groups in total. The fourth-order valence-electron chi connectivity index (χ4n) is 3.22. The largest absolute Gasteiger partial charge is 1.00 e. The van der Waals surface area contributed by atoms with Gasteiger partial charge in [0.25, 0.3) is 0 Å². The van der Waals surface area contributed by atoms with E-state index in [1.54, 1.807) is 0 Å². The average molecular weight is 605 g/mol. The first kappa shape index (κ1) is 44.7. The standard InChI is InChI=1S/C22H43O6.C7H6F2O.CH3F.Na/c1-2-24-14-10-7-11-17-27-20-22-28-21-19-26-16-9-6-4-3-5-8-15-25-18-12-13-23;1-10-7-3-2-5(8)4-6(7)9;1-2;/h13H,1-12,14-22H2;2-4H,1H3;1H3;/q-1;;;+1. The first-order valence-corrected chi connectivity index (χ1v) is 14.1. The third-order valence-corrected chi connectivity index (χ3v) is 5.29. The van der Waals surface area contributed by atoms with Crippen LogP contribution in [0.3, 0.4) is 0 Å². The fourth-order valence-corrected chi connectivity index (χ4v) is 3.22. The van der Waals surface area contributed by atoms with Crippen LogP contribution in [0.1, 0.15) is 64.2 Å². The summed E-state index contributed by atoms with van der Waals surface area (Å²) in [7, 11) is 1.83. The molecule has 1 rings (SSSR count). The third-order valence-electron chi connectivity index (χ3n) is 5.29. The van der Waals surface area contributed by atoms with Crippen LogP contribution >= 0.6 is 0 Å². The van der Waals surface area contributed by atoms with Crippen molar-refractivity contribution < 1.29 is 75.9 Å². The number of ether oxygens (including phenoxy) is 6. The number of aldehydes is 1. The van der Waals surface area contributed by atoms with Gasteiger partial charge < -0.3 is 40.1 Å². The van der Waals surface area contributed by atoms with Crippen molar-refractivity contribution >= 4 is 6.29 Å². The number of carbonyl (C=O) groups excluding carboxylic acids is 1. The summed E-state index contributed by atoms with van der Waals surface area (Å²) in [6, 6.07) is 3.16. The van der Waals surface area contributed by atoms with Crippen LogP contribution in [0.5, 0.6) is 5.75 Å². The van der Waals surface area contributed by atoms with Gasteiger partial charge >= 0.3 is 29.6 Å². The van der Waals surface area contributed by atoms with Gasteiger partial charge in [0.2, 0.25) is 0 Å². The predicted molar refractivity (Wildman–Crippen MR) is 152 cm³/mol. The van der Waals surface area contributed by atoms with Crippen LogP contribution in [0, 0.1) is 18.6 Å². The van der Waals surface area contributed by atoms with Crippen molar-refractivity contribution in [2.45, 2.75) is 64.2 Å². The van der Waals surface area contributed by atoms with E-state index in [0.29, 0.717) is 53.2 Å². The normalized spacial score (nSPS) is 10.1. The van der Waals surface area contributed by atoms with Crippen LogP contribution < -0.4 is 34.3 Å². The Balaban J connectivity index is -0.000000922. The zero-order chi connectivity index (χ0) is 29.9. The zero-order valence-corrected chi connectivity index (χ0v) is 27.7. The number of rotatable bonds is 26. The van der Waals surface area contributed by atoms with E-state index in [1.165, 1.54) is 38.9 Å². The molecule has 236 valence electrons. The minimum atomic E-state index is -0.678. The Kier molecular flexibility index (Phi) is 42.8. The maximum absolute atomic E-state index is 12.5. The molecular weight excluding hydrogens is 552 g/mol. The molecule has 1 aromatic carbocycles. The van der Waals surface area contributed by atoms with Crippen molar-refractivity contribution in [1.82, 2.24) is 0 Å². The maximum Gasteiger partial charge on any atom is 1.00 e. The van der Waals surface area contributed by atoms with Gasteiger partial charge in [0.1, 0.15) is 12.1 Å². The number of alkyl halides is 1. The number of methoxy groups -OCH3 is 1. The molecule has 7 nitrogen and oxygen atoms in total. The van der Waals surface area contributed by atoms with Crippen molar-refractivity contribution in [1.29, 1.82) is 0 Å². The quantitative estimate of drug-likeness (QED) is 0.0693. The molecule has 0 aromatic heterocycles. The molecule has 0 unspecified atom stereocenters. The second-order valence-electron chi connectivity index (χ2n) is 8.48. The molecule has 0 atom stereocenters. The first-order valence-electron chi connectivity index (χ1n) is 14.1. The van der Waals surface area contributed by atoms with Gasteiger partial charge in [0, 0.05) is 38.9 Å². The van der Waals surface area contributed by atoms with E-state index < -0.39 is 11.6 Å². The summed E-state index contributed by atoms with van der Waals surface area (Å²) in [4.78, 5) is 10.1. The minimum Gasteiger partial charge on any atom is -0.494 e. The monoisotopic (exact) mass is 604 g/mol. The number of hydrogen-bond acceptors (Lipinski definition) is 7. The van der Waals surface area contributed by atoms with Crippen molar-refractivity contribution in [3.05, 3.63) is 36.8 Å². The van der Waals surface area contributed by atoms with Crippen LogP contribution in [0.2, 0.25) is 0 Å². The van der Waals surface area contributed by atoms with E-state index in [9.17, 15) is 18.0 Å². The second-order valence-corrected chi connectivity index (χ2v) is 8.48. The van der Waals surface area contributed by atoms with E-state index in [2.05, 4.69) is 11.7 Å². The molecule has 0 aliphatic rings. The van der Waals surface area contributed by atoms with Gasteiger partial charge in [-0.25, -0.2) is 8.78 Å². The third kappa shape index (κ3) is 35.4. The smallest absolute Gasteiger partial charge is 0.494 e. The van der Waals surface area contributed by atoms with Crippen LogP contribution in [-0.4, -0.2) is 86.6 Å². The predicted octanol–water partition coefficient (Wildman–Crippen LogP) is 3.57. The summed E-state index contributed by atoms with van der Waals surface area (Å²) in [6.45, 7) is 10.5. The molecule has 0 radical (unpaired) electrons. The summed E-state index contributed by atoms with van der Waals surface area (Å²) < 4.78 is 65.8. The Bertz CT molecular complexity index is 646.